The third kappa shape index (κ3) is 2.94. The molecule has 3 N–H and O–H groups in total. The van der Waals surface area contributed by atoms with Crippen LogP contribution in [0.4, 0.5) is 29.2 Å². The van der Waals surface area contributed by atoms with Gasteiger partial charge in [-0.25, -0.2) is 18.7 Å². The Labute approximate surface area is 96.4 Å². The lowest BCUT2D eigenvalue weighted by Crippen LogP contribution is -2.35. The van der Waals surface area contributed by atoms with E-state index in [0.29, 0.717) is 0 Å². The monoisotopic (exact) mass is 302 g/mol. The van der Waals surface area contributed by atoms with Gasteiger partial charge in [0.25, 0.3) is 0 Å². The highest BCUT2D eigenvalue weighted by atomic mass is 79.9. The van der Waals surface area contributed by atoms with E-state index >= 15 is 0 Å². The first-order valence-electron chi connectivity index (χ1n) is 4.00. The molecule has 0 aromatic carbocycles. The van der Waals surface area contributed by atoms with Crippen molar-refractivity contribution in [2.45, 2.75) is 12.3 Å². The average molecular weight is 303 g/mol. The zero-order valence-electron chi connectivity index (χ0n) is 7.72. The molecule has 0 amide bonds. The molecule has 1 heterocycles. The molecule has 0 radical (unpaired) electrons. The van der Waals surface area contributed by atoms with Gasteiger partial charge >= 0.3 is 12.3 Å². The van der Waals surface area contributed by atoms with Gasteiger partial charge in [-0.05, 0) is 15.9 Å². The highest BCUT2D eigenvalue weighted by Gasteiger charge is 2.40. The van der Waals surface area contributed by atoms with Gasteiger partial charge in [-0.2, -0.15) is 8.78 Å². The first-order chi connectivity index (χ1) is 7.34. The van der Waals surface area contributed by atoms with Crippen molar-refractivity contribution in [1.82, 2.24) is 9.97 Å². The third-order valence-electron chi connectivity index (χ3n) is 1.63. The third-order valence-corrected chi connectivity index (χ3v) is 2.41. The first-order valence-corrected chi connectivity index (χ1v) is 4.79. The van der Waals surface area contributed by atoms with E-state index < -0.39 is 18.9 Å². The van der Waals surface area contributed by atoms with Gasteiger partial charge in [-0.1, -0.05) is 0 Å². The van der Waals surface area contributed by atoms with E-state index in [2.05, 4.69) is 31.2 Å². The van der Waals surface area contributed by atoms with Crippen LogP contribution in [0.2, 0.25) is 0 Å². The normalized spacial score (nSPS) is 11.9. The number of halogens is 5. The Kier molecular flexibility index (Phi) is 3.89. The number of hydrogen-bond donors (Lipinski definition) is 2. The maximum absolute atomic E-state index is 12.6. The molecule has 1 rings (SSSR count). The van der Waals surface area contributed by atoms with E-state index in [-0.39, 0.29) is 16.1 Å². The molecule has 1 aromatic rings. The van der Waals surface area contributed by atoms with Gasteiger partial charge in [0.1, 0.15) is 22.4 Å². The quantitative estimate of drug-likeness (QED) is 0.837. The summed E-state index contributed by atoms with van der Waals surface area (Å²) in [6.07, 6.45) is -2.71. The number of nitrogens with one attached hydrogen (secondary N) is 1. The standard InChI is InChI=1S/C7H7BrF4N4/c8-3-4(13)15-2-16-5(3)14-1-7(11,12)6(9)10/h2,6H,1H2,(H3,13,14,15,16). The number of aromatic nitrogens is 2. The van der Waals surface area contributed by atoms with E-state index in [4.69, 9.17) is 5.73 Å². The Hall–Kier alpha value is -1.12. The SMILES string of the molecule is Nc1ncnc(NCC(F)(F)C(F)F)c1Br. The van der Waals surface area contributed by atoms with Crippen molar-refractivity contribution in [1.29, 1.82) is 0 Å². The number of nitrogens with two attached hydrogens (primary N) is 1. The van der Waals surface area contributed by atoms with Gasteiger partial charge in [-0.3, -0.25) is 0 Å². The van der Waals surface area contributed by atoms with Crippen molar-refractivity contribution >= 4 is 27.6 Å². The van der Waals surface area contributed by atoms with E-state index in [1.54, 1.807) is 0 Å². The fraction of sp³-hybridized carbons (Fsp3) is 0.429. The second-order valence-electron chi connectivity index (χ2n) is 2.84. The minimum Gasteiger partial charge on any atom is -0.383 e. The summed E-state index contributed by atoms with van der Waals surface area (Å²) in [4.78, 5) is 7.14. The summed E-state index contributed by atoms with van der Waals surface area (Å²) in [6.45, 7) is -1.24. The molecule has 0 aliphatic rings. The van der Waals surface area contributed by atoms with Crippen molar-refractivity contribution in [2.24, 2.45) is 0 Å². The highest BCUT2D eigenvalue weighted by molar-refractivity contribution is 9.10. The predicted octanol–water partition coefficient (Wildman–Crippen LogP) is 2.13. The fourth-order valence-electron chi connectivity index (χ4n) is 0.785. The Bertz CT molecular complexity index is 373. The first kappa shape index (κ1) is 12.9. The molecule has 0 aliphatic heterocycles. The van der Waals surface area contributed by atoms with Crippen molar-refractivity contribution in [2.75, 3.05) is 17.6 Å². The summed E-state index contributed by atoms with van der Waals surface area (Å²) >= 11 is 2.94. The summed E-state index contributed by atoms with van der Waals surface area (Å²) < 4.78 is 48.9. The van der Waals surface area contributed by atoms with Gasteiger partial charge < -0.3 is 11.1 Å². The molecule has 1 aromatic heterocycles. The Morgan fingerprint density at radius 3 is 2.62 bits per heavy atom. The molecule has 0 fully saturated rings. The molecule has 0 saturated carbocycles. The number of rotatable bonds is 4. The van der Waals surface area contributed by atoms with Crippen molar-refractivity contribution < 1.29 is 17.6 Å². The summed E-state index contributed by atoms with van der Waals surface area (Å²) in [6, 6.07) is 0. The molecular formula is C7H7BrF4N4. The minimum absolute atomic E-state index is 0.0258. The van der Waals surface area contributed by atoms with Crippen molar-refractivity contribution in [3.63, 3.8) is 0 Å². The van der Waals surface area contributed by atoms with Gasteiger partial charge in [0.2, 0.25) is 0 Å². The van der Waals surface area contributed by atoms with E-state index in [1.165, 1.54) is 0 Å². The molecule has 0 atom stereocenters. The Balaban J connectivity index is 2.72. The zero-order chi connectivity index (χ0) is 12.3. The fourth-order valence-corrected chi connectivity index (χ4v) is 1.13. The molecule has 0 unspecified atom stereocenters. The maximum atomic E-state index is 12.6. The lowest BCUT2D eigenvalue weighted by Gasteiger charge is -2.16. The molecule has 0 saturated heterocycles. The van der Waals surface area contributed by atoms with E-state index in [1.807, 2.05) is 0 Å². The molecule has 0 spiro atoms. The maximum Gasteiger partial charge on any atom is 0.324 e. The Morgan fingerprint density at radius 2 is 2.06 bits per heavy atom. The van der Waals surface area contributed by atoms with Crippen LogP contribution in [0, 0.1) is 0 Å². The molecule has 0 aliphatic carbocycles. The largest absolute Gasteiger partial charge is 0.383 e. The van der Waals surface area contributed by atoms with Gasteiger partial charge in [0.15, 0.2) is 0 Å². The Morgan fingerprint density at radius 1 is 1.44 bits per heavy atom. The molecule has 90 valence electrons. The number of hydrogen-bond acceptors (Lipinski definition) is 4. The van der Waals surface area contributed by atoms with E-state index in [0.717, 1.165) is 6.33 Å². The molecule has 16 heavy (non-hydrogen) atoms. The van der Waals surface area contributed by atoms with Gasteiger partial charge in [0, 0.05) is 0 Å². The number of alkyl halides is 4. The average Bonchev–Trinajstić information content (AvgIpc) is 2.20. The van der Waals surface area contributed by atoms with Crippen LogP contribution in [-0.4, -0.2) is 28.9 Å². The summed E-state index contributed by atoms with van der Waals surface area (Å²) in [5.74, 6) is -4.16. The topological polar surface area (TPSA) is 63.8 Å². The smallest absolute Gasteiger partial charge is 0.324 e. The second kappa shape index (κ2) is 4.81. The molecule has 4 nitrogen and oxygen atoms in total. The van der Waals surface area contributed by atoms with Crippen LogP contribution in [0.5, 0.6) is 0 Å². The summed E-state index contributed by atoms with van der Waals surface area (Å²) in [7, 11) is 0. The van der Waals surface area contributed by atoms with E-state index in [9.17, 15) is 17.6 Å². The lowest BCUT2D eigenvalue weighted by atomic mass is 10.3. The van der Waals surface area contributed by atoms with Crippen LogP contribution in [-0.2, 0) is 0 Å². The van der Waals surface area contributed by atoms with Gasteiger partial charge in [0.05, 0.1) is 6.54 Å². The molecule has 0 bridgehead atoms. The van der Waals surface area contributed by atoms with Crippen LogP contribution in [0.3, 0.4) is 0 Å². The molecular weight excluding hydrogens is 296 g/mol. The zero-order valence-corrected chi connectivity index (χ0v) is 9.31. The van der Waals surface area contributed by atoms with Crippen LogP contribution in [0.15, 0.2) is 10.8 Å². The summed E-state index contributed by atoms with van der Waals surface area (Å²) in [5.41, 5.74) is 5.35. The molecule has 9 heteroatoms. The van der Waals surface area contributed by atoms with Crippen LogP contribution >= 0.6 is 15.9 Å². The minimum atomic E-state index is -4.13. The second-order valence-corrected chi connectivity index (χ2v) is 3.63. The van der Waals surface area contributed by atoms with Crippen LogP contribution in [0.1, 0.15) is 0 Å². The van der Waals surface area contributed by atoms with Crippen molar-refractivity contribution in [3.8, 4) is 0 Å². The van der Waals surface area contributed by atoms with Crippen molar-refractivity contribution in [3.05, 3.63) is 10.8 Å². The predicted molar refractivity (Wildman–Crippen MR) is 53.6 cm³/mol. The van der Waals surface area contributed by atoms with Crippen LogP contribution < -0.4 is 11.1 Å². The van der Waals surface area contributed by atoms with Gasteiger partial charge in [-0.15, -0.1) is 0 Å². The highest BCUT2D eigenvalue weighted by Crippen LogP contribution is 2.27. The summed E-state index contributed by atoms with van der Waals surface area (Å²) in [5, 5.41) is 2.07. The number of anilines is 2. The number of nitrogens with zero attached hydrogens (tertiary/aromatic N) is 2. The lowest BCUT2D eigenvalue weighted by molar-refractivity contribution is -0.117. The van der Waals surface area contributed by atoms with Crippen LogP contribution in [0.25, 0.3) is 0 Å². The number of nitrogen functional groups attached to an aromatic ring is 1.